The van der Waals surface area contributed by atoms with Crippen LogP contribution in [0.3, 0.4) is 0 Å². The summed E-state index contributed by atoms with van der Waals surface area (Å²) in [5, 5.41) is 3.31. The first-order valence-corrected chi connectivity index (χ1v) is 7.14. The van der Waals surface area contributed by atoms with E-state index < -0.39 is 0 Å². The van der Waals surface area contributed by atoms with Gasteiger partial charge in [0.2, 0.25) is 5.91 Å². The predicted octanol–water partition coefficient (Wildman–Crippen LogP) is 1.61. The van der Waals surface area contributed by atoms with Gasteiger partial charge in [-0.15, -0.1) is 0 Å². The average molecular weight is 261 g/mol. The van der Waals surface area contributed by atoms with Crippen LogP contribution in [0.4, 0.5) is 0 Å². The van der Waals surface area contributed by atoms with Crippen LogP contribution in [0.15, 0.2) is 24.5 Å². The lowest BCUT2D eigenvalue weighted by Crippen LogP contribution is -2.47. The van der Waals surface area contributed by atoms with E-state index in [1.807, 2.05) is 24.2 Å². The molecule has 4 nitrogen and oxygen atoms in total. The van der Waals surface area contributed by atoms with Crippen molar-refractivity contribution in [3.63, 3.8) is 0 Å². The topological polar surface area (TPSA) is 45.2 Å². The molecule has 0 unspecified atom stereocenters. The molecular formula is C15H23N3O. The van der Waals surface area contributed by atoms with Crippen molar-refractivity contribution in [1.29, 1.82) is 0 Å². The third-order valence-corrected chi connectivity index (χ3v) is 3.67. The second-order valence-corrected chi connectivity index (χ2v) is 5.23. The average Bonchev–Trinajstić information content (AvgIpc) is 2.48. The van der Waals surface area contributed by atoms with Crippen molar-refractivity contribution in [3.05, 3.63) is 30.1 Å². The van der Waals surface area contributed by atoms with Gasteiger partial charge in [-0.1, -0.05) is 12.5 Å². The van der Waals surface area contributed by atoms with Gasteiger partial charge in [-0.3, -0.25) is 9.78 Å². The quantitative estimate of drug-likeness (QED) is 0.876. The summed E-state index contributed by atoms with van der Waals surface area (Å²) in [5.41, 5.74) is 1.24. The maximum absolute atomic E-state index is 12.2. The third kappa shape index (κ3) is 4.31. The molecule has 104 valence electrons. The number of hydrogen-bond acceptors (Lipinski definition) is 3. The van der Waals surface area contributed by atoms with E-state index in [0.717, 1.165) is 38.8 Å². The largest absolute Gasteiger partial charge is 0.344 e. The van der Waals surface area contributed by atoms with Gasteiger partial charge in [0.25, 0.3) is 0 Å². The molecule has 0 radical (unpaired) electrons. The molecule has 1 aromatic heterocycles. The summed E-state index contributed by atoms with van der Waals surface area (Å²) in [5.74, 6) is 0.242. The summed E-state index contributed by atoms with van der Waals surface area (Å²) < 4.78 is 0. The fourth-order valence-electron chi connectivity index (χ4n) is 2.51. The molecule has 1 aliphatic heterocycles. The van der Waals surface area contributed by atoms with E-state index in [4.69, 9.17) is 0 Å². The molecule has 0 saturated carbocycles. The van der Waals surface area contributed by atoms with Gasteiger partial charge in [0.05, 0.1) is 6.04 Å². The number of hydrogen-bond donors (Lipinski definition) is 1. The third-order valence-electron chi connectivity index (χ3n) is 3.67. The number of aromatic nitrogens is 1. The molecule has 1 aliphatic rings. The smallest absolute Gasteiger partial charge is 0.239 e. The number of piperidine rings is 1. The summed E-state index contributed by atoms with van der Waals surface area (Å²) in [6.45, 7) is 1.78. The molecule has 1 amide bonds. The van der Waals surface area contributed by atoms with E-state index in [-0.39, 0.29) is 11.9 Å². The molecule has 0 aliphatic carbocycles. The van der Waals surface area contributed by atoms with E-state index in [2.05, 4.69) is 16.4 Å². The molecule has 1 fully saturated rings. The Kier molecular flexibility index (Phi) is 5.33. The summed E-state index contributed by atoms with van der Waals surface area (Å²) in [4.78, 5) is 18.2. The minimum Gasteiger partial charge on any atom is -0.344 e. The van der Waals surface area contributed by atoms with Crippen LogP contribution >= 0.6 is 0 Å². The molecule has 1 N–H and O–H groups in total. The molecular weight excluding hydrogens is 238 g/mol. The zero-order valence-corrected chi connectivity index (χ0v) is 11.6. The number of nitrogens with zero attached hydrogens (tertiary/aromatic N) is 2. The van der Waals surface area contributed by atoms with Crippen molar-refractivity contribution >= 4 is 5.91 Å². The van der Waals surface area contributed by atoms with Gasteiger partial charge < -0.3 is 10.2 Å². The zero-order chi connectivity index (χ0) is 13.5. The van der Waals surface area contributed by atoms with Crippen LogP contribution in [0.5, 0.6) is 0 Å². The van der Waals surface area contributed by atoms with E-state index in [9.17, 15) is 4.79 Å². The van der Waals surface area contributed by atoms with Gasteiger partial charge >= 0.3 is 0 Å². The lowest BCUT2D eigenvalue weighted by Gasteiger charge is -2.27. The number of amides is 1. The predicted molar refractivity (Wildman–Crippen MR) is 75.8 cm³/mol. The van der Waals surface area contributed by atoms with Gasteiger partial charge in [0.1, 0.15) is 0 Å². The molecule has 2 rings (SSSR count). The summed E-state index contributed by atoms with van der Waals surface area (Å²) in [6, 6.07) is 4.07. The summed E-state index contributed by atoms with van der Waals surface area (Å²) >= 11 is 0. The number of nitrogens with one attached hydrogen (secondary N) is 1. The molecule has 1 saturated heterocycles. The van der Waals surface area contributed by atoms with Gasteiger partial charge in [0.15, 0.2) is 0 Å². The van der Waals surface area contributed by atoms with Crippen LogP contribution in [-0.2, 0) is 11.2 Å². The number of carbonyl (C=O) groups excluding carboxylic acids is 1. The molecule has 0 aromatic carbocycles. The fourth-order valence-corrected chi connectivity index (χ4v) is 2.51. The molecule has 2 heterocycles. The second-order valence-electron chi connectivity index (χ2n) is 5.23. The van der Waals surface area contributed by atoms with Crippen LogP contribution < -0.4 is 5.32 Å². The lowest BCUT2D eigenvalue weighted by molar-refractivity contribution is -0.132. The zero-order valence-electron chi connectivity index (χ0n) is 11.6. The summed E-state index contributed by atoms with van der Waals surface area (Å²) in [6.07, 6.45) is 8.97. The van der Waals surface area contributed by atoms with Gasteiger partial charge in [-0.25, -0.2) is 0 Å². The normalized spacial score (nSPS) is 19.1. The van der Waals surface area contributed by atoms with Crippen LogP contribution in [-0.4, -0.2) is 42.0 Å². The van der Waals surface area contributed by atoms with Gasteiger partial charge in [-0.05, 0) is 43.9 Å². The van der Waals surface area contributed by atoms with Crippen molar-refractivity contribution in [2.24, 2.45) is 0 Å². The Morgan fingerprint density at radius 1 is 1.53 bits per heavy atom. The van der Waals surface area contributed by atoms with Crippen molar-refractivity contribution in [2.75, 3.05) is 20.1 Å². The minimum absolute atomic E-state index is 0.0390. The van der Waals surface area contributed by atoms with Crippen molar-refractivity contribution in [2.45, 2.75) is 38.1 Å². The summed E-state index contributed by atoms with van der Waals surface area (Å²) in [7, 11) is 1.90. The lowest BCUT2D eigenvalue weighted by atomic mass is 10.0. The monoisotopic (exact) mass is 261 g/mol. The van der Waals surface area contributed by atoms with Crippen molar-refractivity contribution < 1.29 is 4.79 Å². The molecule has 1 aromatic rings. The molecule has 0 bridgehead atoms. The Labute approximate surface area is 115 Å². The van der Waals surface area contributed by atoms with Crippen molar-refractivity contribution in [1.82, 2.24) is 15.2 Å². The highest BCUT2D eigenvalue weighted by Crippen LogP contribution is 2.10. The van der Waals surface area contributed by atoms with E-state index >= 15 is 0 Å². The molecule has 0 spiro atoms. The highest BCUT2D eigenvalue weighted by Gasteiger charge is 2.23. The Bertz CT molecular complexity index is 388. The van der Waals surface area contributed by atoms with E-state index in [1.54, 1.807) is 6.20 Å². The second kappa shape index (κ2) is 7.24. The number of aryl methyl sites for hydroxylation is 1. The van der Waals surface area contributed by atoms with Crippen molar-refractivity contribution in [3.8, 4) is 0 Å². The minimum atomic E-state index is 0.0390. The van der Waals surface area contributed by atoms with Crippen LogP contribution in [0.2, 0.25) is 0 Å². The van der Waals surface area contributed by atoms with Crippen LogP contribution in [0, 0.1) is 0 Å². The van der Waals surface area contributed by atoms with E-state index in [1.165, 1.54) is 12.0 Å². The number of rotatable bonds is 5. The maximum Gasteiger partial charge on any atom is 0.239 e. The first kappa shape index (κ1) is 14.0. The van der Waals surface area contributed by atoms with Crippen LogP contribution in [0.1, 0.15) is 31.2 Å². The number of carbonyl (C=O) groups is 1. The van der Waals surface area contributed by atoms with Crippen LogP contribution in [0.25, 0.3) is 0 Å². The van der Waals surface area contributed by atoms with Gasteiger partial charge in [-0.2, -0.15) is 0 Å². The maximum atomic E-state index is 12.2. The Balaban J connectivity index is 1.71. The number of pyridine rings is 1. The first-order valence-electron chi connectivity index (χ1n) is 7.14. The Hall–Kier alpha value is -1.42. The Morgan fingerprint density at radius 2 is 2.42 bits per heavy atom. The molecule has 1 atom stereocenters. The van der Waals surface area contributed by atoms with E-state index in [0.29, 0.717) is 0 Å². The highest BCUT2D eigenvalue weighted by molar-refractivity contribution is 5.81. The number of likely N-dealkylation sites (N-methyl/N-ethyl adjacent to an activating group) is 1. The SMILES string of the molecule is CN(CCCc1cccnc1)C(=O)[C@@H]1CCCCN1. The first-order chi connectivity index (χ1) is 9.27. The Morgan fingerprint density at radius 3 is 3.11 bits per heavy atom. The molecule has 4 heteroatoms. The van der Waals surface area contributed by atoms with Gasteiger partial charge in [0, 0.05) is 26.0 Å². The standard InChI is InChI=1S/C15H23N3O/c1-18(15(19)14-8-2-3-10-17-14)11-5-7-13-6-4-9-16-12-13/h4,6,9,12,14,17H,2-3,5,7-8,10-11H2,1H3/t14-/m0/s1. The molecule has 19 heavy (non-hydrogen) atoms. The highest BCUT2D eigenvalue weighted by atomic mass is 16.2. The fraction of sp³-hybridized carbons (Fsp3) is 0.600.